The first-order valence-electron chi connectivity index (χ1n) is 11.1. The van der Waals surface area contributed by atoms with E-state index < -0.39 is 6.04 Å². The third kappa shape index (κ3) is 4.08. The standard InChI is InChI=1S/C25H28N4O3/c1-32-21-6-7-22-18(13-21)10-19(28-22)15-27-24(30)14-23-25(31)26-8-9-29(23)20-11-16-4-2-3-5-17(16)12-20/h2-7,10,13,20,23,28H,8-9,11-12,14-15H2,1H3,(H,26,31)(H,27,30). The van der Waals surface area contributed by atoms with Crippen molar-refractivity contribution in [1.29, 1.82) is 0 Å². The average Bonchev–Trinajstić information content (AvgIpc) is 3.42. The first-order valence-corrected chi connectivity index (χ1v) is 11.1. The first-order chi connectivity index (χ1) is 15.6. The minimum absolute atomic E-state index is 0.0555. The molecule has 5 rings (SSSR count). The molecule has 0 radical (unpaired) electrons. The molecule has 166 valence electrons. The van der Waals surface area contributed by atoms with Gasteiger partial charge in [-0.25, -0.2) is 0 Å². The highest BCUT2D eigenvalue weighted by Gasteiger charge is 2.38. The summed E-state index contributed by atoms with van der Waals surface area (Å²) in [5.74, 6) is 0.619. The largest absolute Gasteiger partial charge is 0.497 e. The van der Waals surface area contributed by atoms with Gasteiger partial charge >= 0.3 is 0 Å². The molecule has 7 nitrogen and oxygen atoms in total. The van der Waals surface area contributed by atoms with Gasteiger partial charge in [0.25, 0.3) is 0 Å². The lowest BCUT2D eigenvalue weighted by Gasteiger charge is -2.38. The molecule has 3 aromatic rings. The summed E-state index contributed by atoms with van der Waals surface area (Å²) in [5.41, 5.74) is 4.61. The van der Waals surface area contributed by atoms with Crippen molar-refractivity contribution in [2.45, 2.75) is 37.9 Å². The molecule has 1 saturated heterocycles. The van der Waals surface area contributed by atoms with Gasteiger partial charge in [0.05, 0.1) is 26.1 Å². The van der Waals surface area contributed by atoms with Crippen LogP contribution in [-0.4, -0.2) is 54.0 Å². The maximum absolute atomic E-state index is 12.8. The number of nitrogens with one attached hydrogen (secondary N) is 3. The number of hydrogen-bond donors (Lipinski definition) is 3. The quantitative estimate of drug-likeness (QED) is 0.557. The van der Waals surface area contributed by atoms with E-state index in [1.54, 1.807) is 7.11 Å². The van der Waals surface area contributed by atoms with Gasteiger partial charge in [0.2, 0.25) is 11.8 Å². The summed E-state index contributed by atoms with van der Waals surface area (Å²) < 4.78 is 5.27. The number of carbonyl (C=O) groups excluding carboxylic acids is 2. The molecular formula is C25H28N4O3. The predicted molar refractivity (Wildman–Crippen MR) is 122 cm³/mol. The van der Waals surface area contributed by atoms with Gasteiger partial charge in [-0.3, -0.25) is 14.5 Å². The molecule has 2 aromatic carbocycles. The lowest BCUT2D eigenvalue weighted by molar-refractivity contribution is -0.135. The molecule has 2 aliphatic rings. The van der Waals surface area contributed by atoms with Crippen LogP contribution in [0.5, 0.6) is 5.75 Å². The van der Waals surface area contributed by atoms with Gasteiger partial charge in [0, 0.05) is 35.7 Å². The van der Waals surface area contributed by atoms with Crippen LogP contribution in [0.1, 0.15) is 23.2 Å². The maximum atomic E-state index is 12.8. The number of nitrogens with zero attached hydrogens (tertiary/aromatic N) is 1. The number of methoxy groups -OCH3 is 1. The summed E-state index contributed by atoms with van der Waals surface area (Å²) in [7, 11) is 1.64. The zero-order valence-electron chi connectivity index (χ0n) is 18.2. The number of benzene rings is 2. The van der Waals surface area contributed by atoms with E-state index in [0.29, 0.717) is 13.1 Å². The highest BCUT2D eigenvalue weighted by atomic mass is 16.5. The molecule has 1 aliphatic carbocycles. The monoisotopic (exact) mass is 432 g/mol. The van der Waals surface area contributed by atoms with Crippen LogP contribution in [0, 0.1) is 0 Å². The van der Waals surface area contributed by atoms with Crippen molar-refractivity contribution in [3.8, 4) is 5.75 Å². The van der Waals surface area contributed by atoms with Gasteiger partial charge in [0.1, 0.15) is 5.75 Å². The van der Waals surface area contributed by atoms with Gasteiger partial charge in [-0.1, -0.05) is 24.3 Å². The van der Waals surface area contributed by atoms with Gasteiger partial charge in [0.15, 0.2) is 0 Å². The summed E-state index contributed by atoms with van der Waals surface area (Å²) >= 11 is 0. The van der Waals surface area contributed by atoms with E-state index >= 15 is 0 Å². The van der Waals surface area contributed by atoms with Crippen LogP contribution in [-0.2, 0) is 29.0 Å². The Morgan fingerprint density at radius 2 is 1.94 bits per heavy atom. The highest BCUT2D eigenvalue weighted by Crippen LogP contribution is 2.28. The molecular weight excluding hydrogens is 404 g/mol. The smallest absolute Gasteiger partial charge is 0.237 e. The Hall–Kier alpha value is -3.32. The van der Waals surface area contributed by atoms with Gasteiger partial charge in [-0.2, -0.15) is 0 Å². The third-order valence-corrected chi connectivity index (χ3v) is 6.61. The number of aromatic nitrogens is 1. The Balaban J connectivity index is 1.22. The highest BCUT2D eigenvalue weighted by molar-refractivity contribution is 5.89. The Bertz CT molecular complexity index is 1130. The van der Waals surface area contributed by atoms with Crippen molar-refractivity contribution in [3.05, 3.63) is 65.4 Å². The molecule has 0 saturated carbocycles. The lowest BCUT2D eigenvalue weighted by Crippen LogP contribution is -2.59. The average molecular weight is 433 g/mol. The summed E-state index contributed by atoms with van der Waals surface area (Å²) in [6, 6.07) is 16.1. The van der Waals surface area contributed by atoms with Crippen molar-refractivity contribution in [3.63, 3.8) is 0 Å². The summed E-state index contributed by atoms with van der Waals surface area (Å²) in [4.78, 5) is 31.0. The van der Waals surface area contributed by atoms with Gasteiger partial charge in [-0.05, 0) is 48.2 Å². The van der Waals surface area contributed by atoms with Crippen LogP contribution >= 0.6 is 0 Å². The Morgan fingerprint density at radius 1 is 1.16 bits per heavy atom. The van der Waals surface area contributed by atoms with E-state index in [2.05, 4.69) is 44.8 Å². The molecule has 0 bridgehead atoms. The maximum Gasteiger partial charge on any atom is 0.237 e. The topological polar surface area (TPSA) is 86.5 Å². The number of hydrogen-bond acceptors (Lipinski definition) is 4. The molecule has 0 spiro atoms. The second-order valence-corrected chi connectivity index (χ2v) is 8.60. The number of fused-ring (bicyclic) bond motifs is 2. The minimum Gasteiger partial charge on any atom is -0.497 e. The fraction of sp³-hybridized carbons (Fsp3) is 0.360. The van der Waals surface area contributed by atoms with Crippen molar-refractivity contribution in [1.82, 2.24) is 20.5 Å². The van der Waals surface area contributed by atoms with Crippen molar-refractivity contribution >= 4 is 22.7 Å². The fourth-order valence-electron chi connectivity index (χ4n) is 4.98. The van der Waals surface area contributed by atoms with E-state index in [4.69, 9.17) is 4.74 Å². The van der Waals surface area contributed by atoms with E-state index in [1.807, 2.05) is 24.3 Å². The summed E-state index contributed by atoms with van der Waals surface area (Å²) in [5, 5.41) is 6.95. The molecule has 1 aliphatic heterocycles. The predicted octanol–water partition coefficient (Wildman–Crippen LogP) is 2.15. The fourth-order valence-corrected chi connectivity index (χ4v) is 4.98. The van der Waals surface area contributed by atoms with E-state index in [1.165, 1.54) is 11.1 Å². The molecule has 1 unspecified atom stereocenters. The van der Waals surface area contributed by atoms with Crippen molar-refractivity contribution in [2.24, 2.45) is 0 Å². The van der Waals surface area contributed by atoms with E-state index in [0.717, 1.165) is 41.7 Å². The Labute approximate surface area is 187 Å². The zero-order valence-corrected chi connectivity index (χ0v) is 18.2. The van der Waals surface area contributed by atoms with Gasteiger partial charge in [-0.15, -0.1) is 0 Å². The summed E-state index contributed by atoms with van der Waals surface area (Å²) in [6.07, 6.45) is 2.02. The van der Waals surface area contributed by atoms with Crippen LogP contribution in [0.25, 0.3) is 10.9 Å². The minimum atomic E-state index is -0.435. The second kappa shape index (κ2) is 8.67. The van der Waals surface area contributed by atoms with Crippen LogP contribution in [0.2, 0.25) is 0 Å². The number of H-pyrrole nitrogens is 1. The number of carbonyl (C=O) groups is 2. The third-order valence-electron chi connectivity index (χ3n) is 6.61. The number of rotatable bonds is 6. The Morgan fingerprint density at radius 3 is 2.69 bits per heavy atom. The van der Waals surface area contributed by atoms with Gasteiger partial charge < -0.3 is 20.4 Å². The van der Waals surface area contributed by atoms with Crippen LogP contribution in [0.15, 0.2) is 48.5 Å². The number of amides is 2. The molecule has 2 heterocycles. The van der Waals surface area contributed by atoms with Crippen LogP contribution < -0.4 is 15.4 Å². The number of piperazine rings is 1. The number of ether oxygens (including phenoxy) is 1. The van der Waals surface area contributed by atoms with Crippen molar-refractivity contribution < 1.29 is 14.3 Å². The molecule has 1 aromatic heterocycles. The lowest BCUT2D eigenvalue weighted by atomic mass is 10.0. The second-order valence-electron chi connectivity index (χ2n) is 8.60. The summed E-state index contributed by atoms with van der Waals surface area (Å²) in [6.45, 7) is 1.79. The molecule has 1 atom stereocenters. The van der Waals surface area contributed by atoms with Crippen LogP contribution in [0.4, 0.5) is 0 Å². The van der Waals surface area contributed by atoms with E-state index in [-0.39, 0.29) is 24.3 Å². The molecule has 3 N–H and O–H groups in total. The molecule has 2 amide bonds. The Kier molecular flexibility index (Phi) is 5.57. The van der Waals surface area contributed by atoms with Crippen LogP contribution in [0.3, 0.4) is 0 Å². The molecule has 7 heteroatoms. The SMILES string of the molecule is COc1ccc2[nH]c(CNC(=O)CC3C(=O)NCCN3C3Cc4ccccc4C3)cc2c1. The molecule has 1 fully saturated rings. The number of aromatic amines is 1. The van der Waals surface area contributed by atoms with Crippen molar-refractivity contribution in [2.75, 3.05) is 20.2 Å². The first kappa shape index (κ1) is 20.6. The normalized spacial score (nSPS) is 19.0. The molecule has 32 heavy (non-hydrogen) atoms. The zero-order chi connectivity index (χ0) is 22.1. The van der Waals surface area contributed by atoms with E-state index in [9.17, 15) is 9.59 Å².